The van der Waals surface area contributed by atoms with Crippen LogP contribution in [0.25, 0.3) is 0 Å². The molecule has 9 nitrogen and oxygen atoms in total. The van der Waals surface area contributed by atoms with Crippen LogP contribution in [0.15, 0.2) is 76.5 Å². The van der Waals surface area contributed by atoms with Crippen molar-refractivity contribution >= 4 is 37.1 Å². The predicted molar refractivity (Wildman–Crippen MR) is 108 cm³/mol. The summed E-state index contributed by atoms with van der Waals surface area (Å²) >= 11 is 0. The summed E-state index contributed by atoms with van der Waals surface area (Å²) < 4.78 is 80.0. The summed E-state index contributed by atoms with van der Waals surface area (Å²) in [6, 6.07) is 11.4. The van der Waals surface area contributed by atoms with Gasteiger partial charge in [0.1, 0.15) is 0 Å². The molecule has 13 heteroatoms. The van der Waals surface area contributed by atoms with Gasteiger partial charge in [0.25, 0.3) is 25.7 Å². The van der Waals surface area contributed by atoms with Gasteiger partial charge in [-0.2, -0.15) is 0 Å². The molecular weight excluding hydrogens is 456 g/mol. The van der Waals surface area contributed by atoms with Gasteiger partial charge in [-0.25, -0.2) is 25.6 Å². The van der Waals surface area contributed by atoms with Crippen LogP contribution in [0.1, 0.15) is 0 Å². The van der Waals surface area contributed by atoms with Crippen molar-refractivity contribution in [2.75, 3.05) is 9.44 Å². The highest BCUT2D eigenvalue weighted by Crippen LogP contribution is 2.22. The van der Waals surface area contributed by atoms with Gasteiger partial charge in [0, 0.05) is 23.5 Å². The molecule has 0 radical (unpaired) electrons. The molecule has 0 aliphatic carbocycles. The number of benzene rings is 3. The Morgan fingerprint density at radius 1 is 0.677 bits per heavy atom. The number of nitro benzene ring substituents is 1. The summed E-state index contributed by atoms with van der Waals surface area (Å²) in [6.07, 6.45) is 0. The number of nitrogens with one attached hydrogen (secondary N) is 2. The summed E-state index contributed by atoms with van der Waals surface area (Å²) in [7, 11) is -8.25. The fraction of sp³-hybridized carbons (Fsp3) is 0. The van der Waals surface area contributed by atoms with E-state index in [1.807, 2.05) is 0 Å². The monoisotopic (exact) mass is 469 g/mol. The minimum atomic E-state index is -4.21. The maximum absolute atomic E-state index is 13.3. The van der Waals surface area contributed by atoms with Crippen LogP contribution < -0.4 is 9.44 Å². The molecule has 0 spiro atoms. The van der Waals surface area contributed by atoms with Crippen LogP contribution in [0, 0.1) is 21.7 Å². The van der Waals surface area contributed by atoms with Gasteiger partial charge in [-0.05, 0) is 54.6 Å². The SMILES string of the molecule is O=[N+]([O-])c1ccc(S(=O)(=O)Nc2ccc(NS(=O)(=O)c3ccc(F)c(F)c3)cc2)cc1. The molecule has 162 valence electrons. The molecule has 0 fully saturated rings. The van der Waals surface area contributed by atoms with Gasteiger partial charge in [-0.3, -0.25) is 19.6 Å². The zero-order chi connectivity index (χ0) is 22.8. The molecule has 0 aromatic heterocycles. The molecule has 3 rings (SSSR count). The molecule has 0 bridgehead atoms. The largest absolute Gasteiger partial charge is 0.280 e. The molecule has 0 atom stereocenters. The number of nitro groups is 1. The Kier molecular flexibility index (Phi) is 5.90. The lowest BCUT2D eigenvalue weighted by molar-refractivity contribution is -0.384. The number of nitrogens with zero attached hydrogens (tertiary/aromatic N) is 1. The van der Waals surface area contributed by atoms with Gasteiger partial charge in [-0.15, -0.1) is 0 Å². The van der Waals surface area contributed by atoms with Gasteiger partial charge in [0.15, 0.2) is 11.6 Å². The van der Waals surface area contributed by atoms with E-state index in [2.05, 4.69) is 9.44 Å². The number of anilines is 2. The average Bonchev–Trinajstić information content (AvgIpc) is 2.71. The highest BCUT2D eigenvalue weighted by Gasteiger charge is 2.18. The molecule has 3 aromatic rings. The Morgan fingerprint density at radius 3 is 1.58 bits per heavy atom. The summed E-state index contributed by atoms with van der Waals surface area (Å²) in [4.78, 5) is 9.30. The van der Waals surface area contributed by atoms with Crippen molar-refractivity contribution in [1.29, 1.82) is 0 Å². The zero-order valence-corrected chi connectivity index (χ0v) is 17.0. The summed E-state index contributed by atoms with van der Waals surface area (Å²) in [5.74, 6) is -2.51. The van der Waals surface area contributed by atoms with E-state index < -0.39 is 41.5 Å². The van der Waals surface area contributed by atoms with Gasteiger partial charge < -0.3 is 0 Å². The highest BCUT2D eigenvalue weighted by molar-refractivity contribution is 7.93. The van der Waals surface area contributed by atoms with E-state index in [0.717, 1.165) is 30.3 Å². The molecule has 0 aliphatic heterocycles. The van der Waals surface area contributed by atoms with Gasteiger partial charge >= 0.3 is 0 Å². The van der Waals surface area contributed by atoms with Crippen molar-refractivity contribution in [1.82, 2.24) is 0 Å². The Balaban J connectivity index is 1.75. The molecule has 0 heterocycles. The maximum Gasteiger partial charge on any atom is 0.269 e. The van der Waals surface area contributed by atoms with Crippen molar-refractivity contribution < 1.29 is 30.5 Å². The van der Waals surface area contributed by atoms with E-state index in [0.29, 0.717) is 12.1 Å². The van der Waals surface area contributed by atoms with Crippen molar-refractivity contribution in [3.05, 3.63) is 88.5 Å². The quantitative estimate of drug-likeness (QED) is 0.402. The number of rotatable bonds is 7. The lowest BCUT2D eigenvalue weighted by Crippen LogP contribution is -2.14. The topological polar surface area (TPSA) is 135 Å². The molecule has 2 N–H and O–H groups in total. The van der Waals surface area contributed by atoms with Crippen molar-refractivity contribution in [2.45, 2.75) is 9.79 Å². The standard InChI is InChI=1S/C18H13F2N3O6S2/c19-17-10-9-16(11-18(17)20)31(28,29)22-13-3-1-12(2-4-13)21-30(26,27)15-7-5-14(6-8-15)23(24)25/h1-11,21-22H. The van der Waals surface area contributed by atoms with Crippen LogP contribution in [0.3, 0.4) is 0 Å². The van der Waals surface area contributed by atoms with Crippen LogP contribution in [0.2, 0.25) is 0 Å². The zero-order valence-electron chi connectivity index (χ0n) is 15.3. The minimum absolute atomic E-state index is 0.0445. The Bertz CT molecular complexity index is 1340. The van der Waals surface area contributed by atoms with Crippen LogP contribution in [0.4, 0.5) is 25.8 Å². The summed E-state index contributed by atoms with van der Waals surface area (Å²) in [6.45, 7) is 0. The van der Waals surface area contributed by atoms with E-state index in [4.69, 9.17) is 0 Å². The summed E-state index contributed by atoms with van der Waals surface area (Å²) in [5, 5.41) is 10.7. The number of non-ortho nitro benzene ring substituents is 1. The highest BCUT2D eigenvalue weighted by atomic mass is 32.2. The lowest BCUT2D eigenvalue weighted by atomic mass is 10.3. The van der Waals surface area contributed by atoms with Crippen LogP contribution >= 0.6 is 0 Å². The first-order valence-electron chi connectivity index (χ1n) is 8.33. The molecule has 0 aliphatic rings. The number of hydrogen-bond donors (Lipinski definition) is 2. The van der Waals surface area contributed by atoms with E-state index in [-0.39, 0.29) is 22.0 Å². The van der Waals surface area contributed by atoms with E-state index in [1.54, 1.807) is 0 Å². The molecular formula is C18H13F2N3O6S2. The molecule has 0 saturated carbocycles. The minimum Gasteiger partial charge on any atom is -0.280 e. The van der Waals surface area contributed by atoms with Crippen LogP contribution in [-0.4, -0.2) is 21.8 Å². The fourth-order valence-electron chi connectivity index (χ4n) is 2.43. The third-order valence-electron chi connectivity index (χ3n) is 3.95. The molecule has 0 amide bonds. The Labute approximate surface area is 175 Å². The Morgan fingerprint density at radius 2 is 1.13 bits per heavy atom. The molecule has 3 aromatic carbocycles. The van der Waals surface area contributed by atoms with Crippen molar-refractivity contribution in [3.8, 4) is 0 Å². The third kappa shape index (κ3) is 5.13. The second-order valence-corrected chi connectivity index (χ2v) is 9.48. The van der Waals surface area contributed by atoms with Crippen LogP contribution in [0.5, 0.6) is 0 Å². The second-order valence-electron chi connectivity index (χ2n) is 6.12. The number of hydrogen-bond acceptors (Lipinski definition) is 6. The van der Waals surface area contributed by atoms with E-state index in [9.17, 15) is 35.7 Å². The number of sulfonamides is 2. The first-order valence-corrected chi connectivity index (χ1v) is 11.3. The Hall–Kier alpha value is -3.58. The fourth-order valence-corrected chi connectivity index (χ4v) is 4.55. The van der Waals surface area contributed by atoms with Crippen molar-refractivity contribution in [3.63, 3.8) is 0 Å². The normalized spacial score (nSPS) is 11.7. The third-order valence-corrected chi connectivity index (χ3v) is 6.72. The predicted octanol–water partition coefficient (Wildman–Crippen LogP) is 3.47. The summed E-state index contributed by atoms with van der Waals surface area (Å²) in [5.41, 5.74) is -0.131. The first kappa shape index (κ1) is 22.1. The van der Waals surface area contributed by atoms with Crippen LogP contribution in [-0.2, 0) is 20.0 Å². The molecule has 0 unspecified atom stereocenters. The van der Waals surface area contributed by atoms with Crippen molar-refractivity contribution in [2.24, 2.45) is 0 Å². The maximum atomic E-state index is 13.3. The smallest absolute Gasteiger partial charge is 0.269 e. The number of halogens is 2. The van der Waals surface area contributed by atoms with Gasteiger partial charge in [-0.1, -0.05) is 0 Å². The molecule has 0 saturated heterocycles. The van der Waals surface area contributed by atoms with E-state index >= 15 is 0 Å². The molecule has 31 heavy (non-hydrogen) atoms. The second kappa shape index (κ2) is 8.28. The van der Waals surface area contributed by atoms with E-state index in [1.165, 1.54) is 24.3 Å². The first-order chi connectivity index (χ1) is 14.5. The lowest BCUT2D eigenvalue weighted by Gasteiger charge is -2.11. The van der Waals surface area contributed by atoms with Gasteiger partial charge in [0.2, 0.25) is 0 Å². The van der Waals surface area contributed by atoms with Gasteiger partial charge in [0.05, 0.1) is 14.7 Å². The average molecular weight is 469 g/mol.